The summed E-state index contributed by atoms with van der Waals surface area (Å²) in [6.07, 6.45) is 0. The first-order valence-electron chi connectivity index (χ1n) is 7.45. The topological polar surface area (TPSA) is 79.5 Å². The summed E-state index contributed by atoms with van der Waals surface area (Å²) in [5.74, 6) is 1.19. The predicted molar refractivity (Wildman–Crippen MR) is 86.9 cm³/mol. The summed E-state index contributed by atoms with van der Waals surface area (Å²) in [5, 5.41) is 3.77. The van der Waals surface area contributed by atoms with Crippen LogP contribution in [0.25, 0.3) is 0 Å². The van der Waals surface area contributed by atoms with Crippen LogP contribution in [0.2, 0.25) is 0 Å². The van der Waals surface area contributed by atoms with Crippen molar-refractivity contribution in [2.24, 2.45) is 0 Å². The van der Waals surface area contributed by atoms with E-state index < -0.39 is 10.0 Å². The maximum absolute atomic E-state index is 12.8. The Morgan fingerprint density at radius 2 is 1.91 bits per heavy atom. The molecule has 1 saturated heterocycles. The molecule has 23 heavy (non-hydrogen) atoms. The zero-order chi connectivity index (χ0) is 16.6. The monoisotopic (exact) mass is 356 g/mol. The van der Waals surface area contributed by atoms with Gasteiger partial charge < -0.3 is 4.52 Å². The molecule has 0 saturated carbocycles. The Labute approximate surface area is 140 Å². The van der Waals surface area contributed by atoms with Crippen LogP contribution in [0.5, 0.6) is 0 Å². The fourth-order valence-corrected chi connectivity index (χ4v) is 5.67. The summed E-state index contributed by atoms with van der Waals surface area (Å²) in [7, 11) is -3.40. The fourth-order valence-electron chi connectivity index (χ4n) is 2.73. The number of hydrogen-bond donors (Lipinski definition) is 0. The quantitative estimate of drug-likeness (QED) is 0.827. The van der Waals surface area contributed by atoms with Gasteiger partial charge in [0.05, 0.1) is 11.4 Å². The summed E-state index contributed by atoms with van der Waals surface area (Å²) < 4.78 is 32.2. The second-order valence-electron chi connectivity index (χ2n) is 5.69. The highest BCUT2D eigenvalue weighted by molar-refractivity contribution is 7.89. The van der Waals surface area contributed by atoms with Gasteiger partial charge in [-0.1, -0.05) is 5.16 Å². The van der Waals surface area contributed by atoms with E-state index in [1.165, 1.54) is 11.3 Å². The maximum Gasteiger partial charge on any atom is 0.244 e. The molecule has 0 radical (unpaired) electrons. The molecule has 0 unspecified atom stereocenters. The molecule has 7 nitrogen and oxygen atoms in total. The van der Waals surface area contributed by atoms with Crippen molar-refractivity contribution >= 4 is 21.4 Å². The van der Waals surface area contributed by atoms with Gasteiger partial charge in [0.15, 0.2) is 5.82 Å². The number of nitrogens with zero attached hydrogens (tertiary/aromatic N) is 4. The molecule has 0 aromatic carbocycles. The number of rotatable bonds is 4. The van der Waals surface area contributed by atoms with Crippen molar-refractivity contribution in [2.45, 2.75) is 32.2 Å². The van der Waals surface area contributed by atoms with Gasteiger partial charge in [-0.3, -0.25) is 4.90 Å². The molecule has 0 N–H and O–H groups in total. The van der Waals surface area contributed by atoms with E-state index in [2.05, 4.69) is 15.0 Å². The smallest absolute Gasteiger partial charge is 0.244 e. The van der Waals surface area contributed by atoms with Crippen molar-refractivity contribution in [2.75, 3.05) is 26.2 Å². The zero-order valence-electron chi connectivity index (χ0n) is 13.4. The first kappa shape index (κ1) is 16.6. The first-order chi connectivity index (χ1) is 10.9. The normalized spacial score (nSPS) is 17.7. The van der Waals surface area contributed by atoms with E-state index in [4.69, 9.17) is 4.52 Å². The van der Waals surface area contributed by atoms with E-state index in [0.717, 1.165) is 9.75 Å². The second-order valence-corrected chi connectivity index (χ2v) is 9.06. The lowest BCUT2D eigenvalue weighted by molar-refractivity contribution is 0.163. The van der Waals surface area contributed by atoms with Crippen LogP contribution in [0, 0.1) is 20.8 Å². The molecule has 3 rings (SSSR count). The molecule has 9 heteroatoms. The van der Waals surface area contributed by atoms with Crippen molar-refractivity contribution in [3.8, 4) is 0 Å². The van der Waals surface area contributed by atoms with Gasteiger partial charge in [-0.25, -0.2) is 8.42 Å². The SMILES string of the molecule is Cc1noc(CN2CCN(S(=O)(=O)c3cc(C)sc3C)CC2)n1. The maximum atomic E-state index is 12.8. The fraction of sp³-hybridized carbons (Fsp3) is 0.571. The third-order valence-corrected chi connectivity index (χ3v) is 6.99. The second kappa shape index (κ2) is 6.31. The van der Waals surface area contributed by atoms with Crippen LogP contribution in [0.1, 0.15) is 21.5 Å². The molecule has 1 aliphatic rings. The van der Waals surface area contributed by atoms with E-state index in [9.17, 15) is 8.42 Å². The molecule has 0 atom stereocenters. The van der Waals surface area contributed by atoms with Crippen LogP contribution < -0.4 is 0 Å². The lowest BCUT2D eigenvalue weighted by Crippen LogP contribution is -2.48. The van der Waals surface area contributed by atoms with Gasteiger partial charge in [0.2, 0.25) is 15.9 Å². The van der Waals surface area contributed by atoms with E-state index in [0.29, 0.717) is 49.3 Å². The van der Waals surface area contributed by atoms with Gasteiger partial charge in [-0.15, -0.1) is 11.3 Å². The molecule has 0 amide bonds. The number of piperazine rings is 1. The van der Waals surface area contributed by atoms with E-state index in [1.54, 1.807) is 17.3 Å². The minimum atomic E-state index is -3.40. The van der Waals surface area contributed by atoms with Crippen LogP contribution in [0.4, 0.5) is 0 Å². The number of hydrogen-bond acceptors (Lipinski definition) is 7. The van der Waals surface area contributed by atoms with Crippen molar-refractivity contribution in [1.82, 2.24) is 19.3 Å². The van der Waals surface area contributed by atoms with Crippen LogP contribution in [-0.2, 0) is 16.6 Å². The summed E-state index contributed by atoms with van der Waals surface area (Å²) in [6.45, 7) is 8.40. The third-order valence-electron chi connectivity index (χ3n) is 3.87. The Morgan fingerprint density at radius 3 is 2.43 bits per heavy atom. The average Bonchev–Trinajstić information content (AvgIpc) is 3.05. The van der Waals surface area contributed by atoms with Crippen molar-refractivity contribution < 1.29 is 12.9 Å². The Bertz CT molecular complexity index is 789. The number of sulfonamides is 1. The minimum Gasteiger partial charge on any atom is -0.338 e. The van der Waals surface area contributed by atoms with Crippen molar-refractivity contribution in [3.63, 3.8) is 0 Å². The number of aryl methyl sites for hydroxylation is 3. The summed E-state index contributed by atoms with van der Waals surface area (Å²) in [5.41, 5.74) is 0. The van der Waals surface area contributed by atoms with Gasteiger partial charge in [-0.2, -0.15) is 9.29 Å². The van der Waals surface area contributed by atoms with Crippen LogP contribution >= 0.6 is 11.3 Å². The van der Waals surface area contributed by atoms with Gasteiger partial charge in [0.25, 0.3) is 0 Å². The van der Waals surface area contributed by atoms with Gasteiger partial charge in [-0.05, 0) is 26.8 Å². The zero-order valence-corrected chi connectivity index (χ0v) is 15.1. The van der Waals surface area contributed by atoms with Crippen LogP contribution in [0.15, 0.2) is 15.5 Å². The van der Waals surface area contributed by atoms with Gasteiger partial charge in [0.1, 0.15) is 0 Å². The summed E-state index contributed by atoms with van der Waals surface area (Å²) in [6, 6.07) is 1.77. The molecule has 0 bridgehead atoms. The highest BCUT2D eigenvalue weighted by Crippen LogP contribution is 2.28. The molecule has 2 aromatic heterocycles. The van der Waals surface area contributed by atoms with Crippen molar-refractivity contribution in [3.05, 3.63) is 27.5 Å². The predicted octanol–water partition coefficient (Wildman–Crippen LogP) is 1.56. The highest BCUT2D eigenvalue weighted by atomic mass is 32.2. The molecule has 1 aliphatic heterocycles. The molecule has 126 valence electrons. The molecule has 0 aliphatic carbocycles. The summed E-state index contributed by atoms with van der Waals surface area (Å²) >= 11 is 1.52. The Morgan fingerprint density at radius 1 is 1.22 bits per heavy atom. The third kappa shape index (κ3) is 3.47. The number of thiophene rings is 1. The van der Waals surface area contributed by atoms with Gasteiger partial charge >= 0.3 is 0 Å². The summed E-state index contributed by atoms with van der Waals surface area (Å²) in [4.78, 5) is 8.63. The van der Waals surface area contributed by atoms with E-state index in [-0.39, 0.29) is 0 Å². The number of aromatic nitrogens is 2. The highest BCUT2D eigenvalue weighted by Gasteiger charge is 2.30. The van der Waals surface area contributed by atoms with Crippen LogP contribution in [0.3, 0.4) is 0 Å². The van der Waals surface area contributed by atoms with Crippen LogP contribution in [-0.4, -0.2) is 53.9 Å². The van der Waals surface area contributed by atoms with Gasteiger partial charge in [0, 0.05) is 35.9 Å². The largest absolute Gasteiger partial charge is 0.338 e. The molecule has 0 spiro atoms. The average molecular weight is 356 g/mol. The lowest BCUT2D eigenvalue weighted by atomic mass is 10.3. The Kier molecular flexibility index (Phi) is 4.54. The minimum absolute atomic E-state index is 0.445. The Hall–Kier alpha value is -1.29. The van der Waals surface area contributed by atoms with E-state index in [1.807, 2.05) is 13.8 Å². The first-order valence-corrected chi connectivity index (χ1v) is 9.70. The molecule has 1 fully saturated rings. The Balaban J connectivity index is 1.65. The van der Waals surface area contributed by atoms with Crippen molar-refractivity contribution in [1.29, 1.82) is 0 Å². The molecular formula is C14H20N4O3S2. The molecule has 2 aromatic rings. The lowest BCUT2D eigenvalue weighted by Gasteiger charge is -2.33. The standard InChI is InChI=1S/C14H20N4O3S2/c1-10-8-13(11(2)22-10)23(19,20)18-6-4-17(5-7-18)9-14-15-12(3)16-21-14/h8H,4-7,9H2,1-3H3. The van der Waals surface area contributed by atoms with E-state index >= 15 is 0 Å². The molecular weight excluding hydrogens is 336 g/mol. The molecule has 3 heterocycles.